The molecule has 0 spiro atoms. The molecular weight excluding hydrogens is 313 g/mol. The predicted molar refractivity (Wildman–Crippen MR) is 72.4 cm³/mol. The molecule has 0 radical (unpaired) electrons. The Labute approximate surface area is 118 Å². The van der Waals surface area contributed by atoms with Crippen LogP contribution >= 0.6 is 15.9 Å². The number of nitrogens with zero attached hydrogens (tertiary/aromatic N) is 1. The molecule has 0 bridgehead atoms. The quantitative estimate of drug-likeness (QED) is 0.938. The van der Waals surface area contributed by atoms with Crippen molar-refractivity contribution < 1.29 is 14.3 Å². The van der Waals surface area contributed by atoms with Crippen LogP contribution in [0.5, 0.6) is 0 Å². The van der Waals surface area contributed by atoms with E-state index in [1.165, 1.54) is 12.1 Å². The Morgan fingerprint density at radius 3 is 2.84 bits per heavy atom. The van der Waals surface area contributed by atoms with E-state index in [1.807, 2.05) is 0 Å². The normalized spacial score (nSPS) is 12.1. The number of halogens is 2. The molecule has 0 saturated heterocycles. The highest BCUT2D eigenvalue weighted by molar-refractivity contribution is 9.10. The van der Waals surface area contributed by atoms with E-state index in [0.29, 0.717) is 15.6 Å². The van der Waals surface area contributed by atoms with Gasteiger partial charge in [0.15, 0.2) is 0 Å². The van der Waals surface area contributed by atoms with Crippen LogP contribution in [0.25, 0.3) is 0 Å². The van der Waals surface area contributed by atoms with Crippen LogP contribution in [0, 0.1) is 5.82 Å². The van der Waals surface area contributed by atoms with Crippen LogP contribution in [0.15, 0.2) is 47.2 Å². The molecule has 0 aliphatic heterocycles. The summed E-state index contributed by atoms with van der Waals surface area (Å²) >= 11 is 3.29. The molecule has 1 aromatic carbocycles. The summed E-state index contributed by atoms with van der Waals surface area (Å²) in [5.74, 6) is -2.05. The first-order valence-corrected chi connectivity index (χ1v) is 6.44. The minimum atomic E-state index is -0.948. The number of benzene rings is 1. The smallest absolute Gasteiger partial charge is 0.311 e. The molecule has 1 unspecified atom stereocenters. The average Bonchev–Trinajstić information content (AvgIpc) is 2.37. The molecule has 3 nitrogen and oxygen atoms in total. The lowest BCUT2D eigenvalue weighted by molar-refractivity contribution is -0.138. The van der Waals surface area contributed by atoms with Gasteiger partial charge in [-0.1, -0.05) is 12.1 Å². The summed E-state index contributed by atoms with van der Waals surface area (Å²) in [6, 6.07) is 7.63. The molecule has 0 amide bonds. The summed E-state index contributed by atoms with van der Waals surface area (Å²) in [6.45, 7) is 0. The van der Waals surface area contributed by atoms with Crippen molar-refractivity contribution in [2.45, 2.75) is 12.3 Å². The Kier molecular flexibility index (Phi) is 4.27. The monoisotopic (exact) mass is 323 g/mol. The molecule has 2 aromatic rings. The lowest BCUT2D eigenvalue weighted by Crippen LogP contribution is -2.15. The average molecular weight is 324 g/mol. The largest absolute Gasteiger partial charge is 0.481 e. The van der Waals surface area contributed by atoms with Crippen molar-refractivity contribution in [3.05, 3.63) is 64.1 Å². The van der Waals surface area contributed by atoms with Gasteiger partial charge in [0.05, 0.1) is 5.92 Å². The number of pyridine rings is 1. The molecule has 0 aliphatic carbocycles. The molecule has 0 saturated carbocycles. The Bertz CT molecular complexity index is 604. The second-order valence-electron chi connectivity index (χ2n) is 4.12. The first kappa shape index (κ1) is 13.7. The molecule has 0 aliphatic rings. The van der Waals surface area contributed by atoms with E-state index >= 15 is 0 Å². The van der Waals surface area contributed by atoms with E-state index in [1.54, 1.807) is 30.6 Å². The third-order valence-corrected chi connectivity index (χ3v) is 3.47. The predicted octanol–water partition coefficient (Wildman–Crippen LogP) is 3.39. The number of hydrogen-bond donors (Lipinski definition) is 1. The summed E-state index contributed by atoms with van der Waals surface area (Å²) in [5.41, 5.74) is 1.28. The van der Waals surface area contributed by atoms with Gasteiger partial charge in [-0.2, -0.15) is 0 Å². The van der Waals surface area contributed by atoms with Gasteiger partial charge in [0.25, 0.3) is 0 Å². The van der Waals surface area contributed by atoms with Gasteiger partial charge < -0.3 is 5.11 Å². The van der Waals surface area contributed by atoms with Gasteiger partial charge in [-0.05, 0) is 51.7 Å². The minimum Gasteiger partial charge on any atom is -0.481 e. The zero-order valence-electron chi connectivity index (χ0n) is 9.88. The van der Waals surface area contributed by atoms with Gasteiger partial charge in [0.1, 0.15) is 5.82 Å². The molecular formula is C14H11BrFNO2. The molecule has 0 fully saturated rings. The van der Waals surface area contributed by atoms with Crippen LogP contribution in [-0.4, -0.2) is 16.1 Å². The molecule has 1 atom stereocenters. The highest BCUT2D eigenvalue weighted by Crippen LogP contribution is 2.27. The van der Waals surface area contributed by atoms with Gasteiger partial charge in [-0.3, -0.25) is 9.78 Å². The molecule has 2 rings (SSSR count). The maximum Gasteiger partial charge on any atom is 0.311 e. The SMILES string of the molecule is O=C(O)C(Cc1cccc(F)c1)c1ccncc1Br. The van der Waals surface area contributed by atoms with Crippen molar-refractivity contribution in [1.29, 1.82) is 0 Å². The van der Waals surface area contributed by atoms with Crippen LogP contribution in [0.2, 0.25) is 0 Å². The van der Waals surface area contributed by atoms with Gasteiger partial charge >= 0.3 is 5.97 Å². The first-order chi connectivity index (χ1) is 9.08. The third-order valence-electron chi connectivity index (χ3n) is 2.81. The van der Waals surface area contributed by atoms with E-state index < -0.39 is 11.9 Å². The maximum atomic E-state index is 13.1. The van der Waals surface area contributed by atoms with E-state index in [9.17, 15) is 14.3 Å². The van der Waals surface area contributed by atoms with Gasteiger partial charge in [-0.25, -0.2) is 4.39 Å². The number of carboxylic acid groups (broad SMARTS) is 1. The summed E-state index contributed by atoms with van der Waals surface area (Å²) in [5, 5.41) is 9.35. The van der Waals surface area contributed by atoms with Crippen molar-refractivity contribution >= 4 is 21.9 Å². The first-order valence-electron chi connectivity index (χ1n) is 5.64. The van der Waals surface area contributed by atoms with E-state index in [4.69, 9.17) is 0 Å². The Balaban J connectivity index is 2.32. The van der Waals surface area contributed by atoms with Crippen molar-refractivity contribution in [2.24, 2.45) is 0 Å². The van der Waals surface area contributed by atoms with Crippen molar-refractivity contribution in [1.82, 2.24) is 4.98 Å². The Morgan fingerprint density at radius 2 is 2.21 bits per heavy atom. The number of hydrogen-bond acceptors (Lipinski definition) is 2. The lowest BCUT2D eigenvalue weighted by Gasteiger charge is -2.14. The summed E-state index contributed by atoms with van der Waals surface area (Å²) < 4.78 is 13.8. The van der Waals surface area contributed by atoms with Gasteiger partial charge in [-0.15, -0.1) is 0 Å². The summed E-state index contributed by atoms with van der Waals surface area (Å²) in [4.78, 5) is 15.3. The molecule has 1 heterocycles. The highest BCUT2D eigenvalue weighted by Gasteiger charge is 2.22. The number of aliphatic carboxylic acids is 1. The maximum absolute atomic E-state index is 13.1. The zero-order valence-corrected chi connectivity index (χ0v) is 11.5. The fourth-order valence-corrected chi connectivity index (χ4v) is 2.43. The lowest BCUT2D eigenvalue weighted by atomic mass is 9.93. The van der Waals surface area contributed by atoms with Crippen molar-refractivity contribution in [3.8, 4) is 0 Å². The second kappa shape index (κ2) is 5.93. The number of carbonyl (C=O) groups is 1. The minimum absolute atomic E-state index is 0.232. The third kappa shape index (κ3) is 3.38. The van der Waals surface area contributed by atoms with Gasteiger partial charge in [0, 0.05) is 16.9 Å². The van der Waals surface area contributed by atoms with Crippen LogP contribution < -0.4 is 0 Å². The second-order valence-corrected chi connectivity index (χ2v) is 4.98. The fraction of sp³-hybridized carbons (Fsp3) is 0.143. The summed E-state index contributed by atoms with van der Waals surface area (Å²) in [7, 11) is 0. The fourth-order valence-electron chi connectivity index (χ4n) is 1.90. The molecule has 1 aromatic heterocycles. The van der Waals surface area contributed by atoms with Crippen molar-refractivity contribution in [2.75, 3.05) is 0 Å². The molecule has 19 heavy (non-hydrogen) atoms. The Morgan fingerprint density at radius 1 is 1.42 bits per heavy atom. The van der Waals surface area contributed by atoms with E-state index in [-0.39, 0.29) is 12.2 Å². The Hall–Kier alpha value is -1.75. The zero-order chi connectivity index (χ0) is 13.8. The summed E-state index contributed by atoms with van der Waals surface area (Å²) in [6.07, 6.45) is 3.33. The number of rotatable bonds is 4. The molecule has 1 N–H and O–H groups in total. The van der Waals surface area contributed by atoms with Gasteiger partial charge in [0.2, 0.25) is 0 Å². The van der Waals surface area contributed by atoms with E-state index in [0.717, 1.165) is 0 Å². The standard InChI is InChI=1S/C14H11BrFNO2/c15-13-8-17-5-4-11(13)12(14(18)19)7-9-2-1-3-10(16)6-9/h1-6,8,12H,7H2,(H,18,19). The van der Waals surface area contributed by atoms with Crippen molar-refractivity contribution in [3.63, 3.8) is 0 Å². The molecule has 98 valence electrons. The van der Waals surface area contributed by atoms with E-state index in [2.05, 4.69) is 20.9 Å². The van der Waals surface area contributed by atoms with Crippen LogP contribution in [0.1, 0.15) is 17.0 Å². The number of carboxylic acids is 1. The van der Waals surface area contributed by atoms with Crippen LogP contribution in [0.3, 0.4) is 0 Å². The molecule has 5 heteroatoms. The topological polar surface area (TPSA) is 50.2 Å². The highest BCUT2D eigenvalue weighted by atomic mass is 79.9. The van der Waals surface area contributed by atoms with Crippen LogP contribution in [0.4, 0.5) is 4.39 Å². The van der Waals surface area contributed by atoms with Crippen LogP contribution in [-0.2, 0) is 11.2 Å². The number of aromatic nitrogens is 1.